The Balaban J connectivity index is 1.46. The van der Waals surface area contributed by atoms with Gasteiger partial charge in [0.05, 0.1) is 16.1 Å². The average molecular weight is 456 g/mol. The molecule has 2 aromatic carbocycles. The quantitative estimate of drug-likeness (QED) is 0.693. The normalized spacial score (nSPS) is 17.8. The number of hydrogen-bond donors (Lipinski definition) is 2. The van der Waals surface area contributed by atoms with Gasteiger partial charge >= 0.3 is 0 Å². The van der Waals surface area contributed by atoms with Crippen molar-refractivity contribution < 1.29 is 18.0 Å². The molecular formula is C24H29N3O4S. The van der Waals surface area contributed by atoms with E-state index in [1.807, 2.05) is 0 Å². The number of amides is 2. The number of anilines is 1. The minimum absolute atomic E-state index is 0.181. The van der Waals surface area contributed by atoms with Crippen LogP contribution in [0.4, 0.5) is 5.69 Å². The van der Waals surface area contributed by atoms with Gasteiger partial charge in [-0.15, -0.1) is 0 Å². The Bertz CT molecular complexity index is 1070. The first kappa shape index (κ1) is 22.5. The summed E-state index contributed by atoms with van der Waals surface area (Å²) in [5.74, 6) is -0.594. The highest BCUT2D eigenvalue weighted by molar-refractivity contribution is 7.89. The molecule has 2 amide bonds. The molecule has 2 aliphatic rings. The molecule has 1 saturated heterocycles. The summed E-state index contributed by atoms with van der Waals surface area (Å²) in [5, 5.41) is 5.84. The summed E-state index contributed by atoms with van der Waals surface area (Å²) < 4.78 is 27.1. The SMILES string of the molecule is O=C(Nc1ccccc1C(=O)NC1CCCC1)c1ccc(S(=O)(=O)N2CCCCC2)cc1. The van der Waals surface area contributed by atoms with Crippen LogP contribution in [-0.4, -0.2) is 43.7 Å². The standard InChI is InChI=1S/C24H29N3O4S/c28-23(18-12-14-20(15-13-18)32(30,31)27-16-6-1-7-17-27)26-22-11-5-4-10-21(22)24(29)25-19-8-2-3-9-19/h4-5,10-15,19H,1-3,6-9,16-17H2,(H,25,29)(H,26,28). The molecule has 7 nitrogen and oxygen atoms in total. The fourth-order valence-corrected chi connectivity index (χ4v) is 5.87. The van der Waals surface area contributed by atoms with Crippen LogP contribution in [0.1, 0.15) is 65.7 Å². The van der Waals surface area contributed by atoms with Gasteiger partial charge in [-0.3, -0.25) is 9.59 Å². The van der Waals surface area contributed by atoms with Crippen molar-refractivity contribution >= 4 is 27.5 Å². The van der Waals surface area contributed by atoms with Crippen molar-refractivity contribution in [3.8, 4) is 0 Å². The second-order valence-corrected chi connectivity index (χ2v) is 10.4. The molecule has 1 saturated carbocycles. The summed E-state index contributed by atoms with van der Waals surface area (Å²) in [6, 6.07) is 13.0. The third-order valence-electron chi connectivity index (χ3n) is 6.18. The van der Waals surface area contributed by atoms with Crippen molar-refractivity contribution in [1.29, 1.82) is 0 Å². The highest BCUT2D eigenvalue weighted by Crippen LogP contribution is 2.23. The lowest BCUT2D eigenvalue weighted by molar-refractivity contribution is 0.0938. The van der Waals surface area contributed by atoms with Gasteiger partial charge in [0.1, 0.15) is 0 Å². The van der Waals surface area contributed by atoms with Crippen LogP contribution >= 0.6 is 0 Å². The first-order chi connectivity index (χ1) is 15.4. The van der Waals surface area contributed by atoms with Gasteiger partial charge in [-0.25, -0.2) is 8.42 Å². The smallest absolute Gasteiger partial charge is 0.255 e. The number of para-hydroxylation sites is 1. The molecular weight excluding hydrogens is 426 g/mol. The van der Waals surface area contributed by atoms with Crippen LogP contribution in [0.5, 0.6) is 0 Å². The van der Waals surface area contributed by atoms with Crippen molar-refractivity contribution in [3.63, 3.8) is 0 Å². The topological polar surface area (TPSA) is 95.6 Å². The first-order valence-electron chi connectivity index (χ1n) is 11.3. The van der Waals surface area contributed by atoms with E-state index in [0.717, 1.165) is 44.9 Å². The van der Waals surface area contributed by atoms with E-state index in [2.05, 4.69) is 10.6 Å². The molecule has 2 aromatic rings. The van der Waals surface area contributed by atoms with E-state index >= 15 is 0 Å². The summed E-state index contributed by atoms with van der Waals surface area (Å²) in [4.78, 5) is 25.7. The van der Waals surface area contributed by atoms with Gasteiger partial charge in [-0.2, -0.15) is 4.31 Å². The minimum Gasteiger partial charge on any atom is -0.349 e. The molecule has 1 aliphatic heterocycles. The molecule has 4 rings (SSSR count). The lowest BCUT2D eigenvalue weighted by Gasteiger charge is -2.25. The zero-order valence-corrected chi connectivity index (χ0v) is 18.9. The number of nitrogens with one attached hydrogen (secondary N) is 2. The predicted octanol–water partition coefficient (Wildman–Crippen LogP) is 3.79. The molecule has 0 aromatic heterocycles. The number of benzene rings is 2. The zero-order valence-electron chi connectivity index (χ0n) is 18.0. The largest absolute Gasteiger partial charge is 0.349 e. The van der Waals surface area contributed by atoms with Crippen molar-refractivity contribution in [2.45, 2.75) is 55.9 Å². The summed E-state index contributed by atoms with van der Waals surface area (Å²) in [5.41, 5.74) is 1.17. The van der Waals surface area contributed by atoms with Crippen LogP contribution in [0, 0.1) is 0 Å². The van der Waals surface area contributed by atoms with E-state index < -0.39 is 15.9 Å². The lowest BCUT2D eigenvalue weighted by atomic mass is 10.1. The van der Waals surface area contributed by atoms with Crippen LogP contribution in [-0.2, 0) is 10.0 Å². The second-order valence-electron chi connectivity index (χ2n) is 8.44. The molecule has 1 aliphatic carbocycles. The Morgan fingerprint density at radius 2 is 1.47 bits per heavy atom. The zero-order chi connectivity index (χ0) is 22.6. The van der Waals surface area contributed by atoms with E-state index in [-0.39, 0.29) is 16.8 Å². The number of sulfonamides is 1. The van der Waals surface area contributed by atoms with Crippen LogP contribution in [0.15, 0.2) is 53.4 Å². The summed E-state index contributed by atoms with van der Waals surface area (Å²) in [6.07, 6.45) is 6.98. The first-order valence-corrected chi connectivity index (χ1v) is 12.7. The molecule has 2 fully saturated rings. The maximum Gasteiger partial charge on any atom is 0.255 e. The van der Waals surface area contributed by atoms with E-state index in [1.54, 1.807) is 24.3 Å². The molecule has 0 radical (unpaired) electrons. The maximum atomic E-state index is 12.8. The third kappa shape index (κ3) is 5.02. The predicted molar refractivity (Wildman–Crippen MR) is 123 cm³/mol. The third-order valence-corrected chi connectivity index (χ3v) is 8.09. The Labute approximate surface area is 189 Å². The van der Waals surface area contributed by atoms with Gasteiger partial charge in [0.15, 0.2) is 0 Å². The number of hydrogen-bond acceptors (Lipinski definition) is 4. The monoisotopic (exact) mass is 455 g/mol. The van der Waals surface area contributed by atoms with Crippen LogP contribution in [0.25, 0.3) is 0 Å². The fraction of sp³-hybridized carbons (Fsp3) is 0.417. The van der Waals surface area contributed by atoms with E-state index in [0.29, 0.717) is 29.9 Å². The molecule has 0 unspecified atom stereocenters. The molecule has 2 N–H and O–H groups in total. The molecule has 0 spiro atoms. The van der Waals surface area contributed by atoms with Gasteiger partial charge in [-0.1, -0.05) is 31.4 Å². The molecule has 32 heavy (non-hydrogen) atoms. The lowest BCUT2D eigenvalue weighted by Crippen LogP contribution is -2.35. The Hall–Kier alpha value is -2.71. The average Bonchev–Trinajstić information content (AvgIpc) is 3.33. The fourth-order valence-electron chi connectivity index (χ4n) is 4.35. The van der Waals surface area contributed by atoms with E-state index in [9.17, 15) is 18.0 Å². The number of carbonyl (C=O) groups excluding carboxylic acids is 2. The highest BCUT2D eigenvalue weighted by Gasteiger charge is 2.26. The molecule has 0 atom stereocenters. The minimum atomic E-state index is -3.54. The van der Waals surface area contributed by atoms with Gasteiger partial charge in [0, 0.05) is 24.7 Å². The van der Waals surface area contributed by atoms with Crippen molar-refractivity contribution in [2.24, 2.45) is 0 Å². The van der Waals surface area contributed by atoms with Crippen molar-refractivity contribution in [1.82, 2.24) is 9.62 Å². The number of piperidine rings is 1. The molecule has 8 heteroatoms. The Morgan fingerprint density at radius 3 is 2.16 bits per heavy atom. The Kier molecular flexibility index (Phi) is 6.91. The highest BCUT2D eigenvalue weighted by atomic mass is 32.2. The van der Waals surface area contributed by atoms with Gasteiger partial charge < -0.3 is 10.6 Å². The second kappa shape index (κ2) is 9.83. The molecule has 0 bridgehead atoms. The van der Waals surface area contributed by atoms with E-state index in [4.69, 9.17) is 0 Å². The van der Waals surface area contributed by atoms with Gasteiger partial charge in [0.2, 0.25) is 10.0 Å². The van der Waals surface area contributed by atoms with E-state index in [1.165, 1.54) is 28.6 Å². The van der Waals surface area contributed by atoms with Crippen LogP contribution < -0.4 is 10.6 Å². The van der Waals surface area contributed by atoms with Crippen molar-refractivity contribution in [3.05, 3.63) is 59.7 Å². The van der Waals surface area contributed by atoms with Crippen molar-refractivity contribution in [2.75, 3.05) is 18.4 Å². The summed E-state index contributed by atoms with van der Waals surface area (Å²) in [7, 11) is -3.54. The summed E-state index contributed by atoms with van der Waals surface area (Å²) in [6.45, 7) is 1.06. The Morgan fingerprint density at radius 1 is 0.812 bits per heavy atom. The molecule has 170 valence electrons. The summed E-state index contributed by atoms with van der Waals surface area (Å²) >= 11 is 0. The van der Waals surface area contributed by atoms with Crippen LogP contribution in [0.3, 0.4) is 0 Å². The van der Waals surface area contributed by atoms with Crippen LogP contribution in [0.2, 0.25) is 0 Å². The number of nitrogens with zero attached hydrogens (tertiary/aromatic N) is 1. The molecule has 1 heterocycles. The number of rotatable bonds is 6. The maximum absolute atomic E-state index is 12.8. The van der Waals surface area contributed by atoms with Gasteiger partial charge in [0.25, 0.3) is 11.8 Å². The van der Waals surface area contributed by atoms with Gasteiger partial charge in [-0.05, 0) is 62.1 Å². The number of carbonyl (C=O) groups is 2.